The predicted octanol–water partition coefficient (Wildman–Crippen LogP) is 4.83. The molecule has 148 valence electrons. The molecule has 0 amide bonds. The monoisotopic (exact) mass is 410 g/mol. The van der Waals surface area contributed by atoms with E-state index in [1.165, 1.54) is 12.8 Å². The molecule has 1 fully saturated rings. The van der Waals surface area contributed by atoms with Crippen LogP contribution in [0.2, 0.25) is 0 Å². The number of hydrogen-bond acceptors (Lipinski definition) is 9. The van der Waals surface area contributed by atoms with E-state index in [4.69, 9.17) is 9.89 Å². The van der Waals surface area contributed by atoms with Crippen molar-refractivity contribution >= 4 is 45.5 Å². The summed E-state index contributed by atoms with van der Waals surface area (Å²) in [5.41, 5.74) is 2.16. The summed E-state index contributed by atoms with van der Waals surface area (Å²) in [5, 5.41) is 33.5. The molecule has 0 saturated carbocycles. The summed E-state index contributed by atoms with van der Waals surface area (Å²) in [6.07, 6.45) is 4.46. The van der Waals surface area contributed by atoms with Gasteiger partial charge in [-0.3, -0.25) is 10.1 Å². The zero-order chi connectivity index (χ0) is 20.2. The molecule has 2 aromatic carbocycles. The lowest BCUT2D eigenvalue weighted by molar-refractivity contribution is -0.382. The maximum Gasteiger partial charge on any atom is 0.324 e. The Kier molecular flexibility index (Phi) is 5.48. The van der Waals surface area contributed by atoms with Crippen LogP contribution in [0.15, 0.2) is 39.9 Å². The van der Waals surface area contributed by atoms with Gasteiger partial charge in [0.05, 0.1) is 10.6 Å². The van der Waals surface area contributed by atoms with E-state index in [0.717, 1.165) is 48.3 Å². The first-order valence-corrected chi connectivity index (χ1v) is 10.1. The van der Waals surface area contributed by atoms with Gasteiger partial charge >= 0.3 is 5.69 Å². The lowest BCUT2D eigenvalue weighted by Crippen LogP contribution is -2.24. The minimum Gasteiger partial charge on any atom is -0.370 e. The molecule has 0 atom stereocenters. The lowest BCUT2D eigenvalue weighted by Gasteiger charge is -2.23. The van der Waals surface area contributed by atoms with Crippen LogP contribution in [0.3, 0.4) is 0 Å². The standard InChI is InChI=1S/C19H18N6O3S/c20-12-29-14-7-5-13(6-8-14)21-15-11-16(24-9-3-1-2-4-10-24)17-18(23-28-22-17)19(15)25(26)27/h5-8,11,21H,1-4,9-10H2. The van der Waals surface area contributed by atoms with Gasteiger partial charge in [-0.15, -0.1) is 0 Å². The molecule has 29 heavy (non-hydrogen) atoms. The van der Waals surface area contributed by atoms with Crippen LogP contribution >= 0.6 is 11.8 Å². The number of aromatic nitrogens is 2. The Labute approximate surface area is 170 Å². The molecule has 3 aromatic rings. The Morgan fingerprint density at radius 3 is 2.48 bits per heavy atom. The minimum absolute atomic E-state index is 0.135. The van der Waals surface area contributed by atoms with Crippen LogP contribution < -0.4 is 10.2 Å². The van der Waals surface area contributed by atoms with E-state index in [1.807, 2.05) is 5.40 Å². The van der Waals surface area contributed by atoms with Gasteiger partial charge in [0.15, 0.2) is 5.52 Å². The Balaban J connectivity index is 1.78. The Morgan fingerprint density at radius 1 is 1.14 bits per heavy atom. The van der Waals surface area contributed by atoms with E-state index in [-0.39, 0.29) is 11.2 Å². The Hall–Kier alpha value is -3.32. The van der Waals surface area contributed by atoms with Gasteiger partial charge in [-0.1, -0.05) is 12.8 Å². The highest BCUT2D eigenvalue weighted by molar-refractivity contribution is 8.03. The van der Waals surface area contributed by atoms with Crippen molar-refractivity contribution in [3.8, 4) is 5.40 Å². The third-order valence-electron chi connectivity index (χ3n) is 4.92. The van der Waals surface area contributed by atoms with Crippen molar-refractivity contribution in [3.05, 3.63) is 40.4 Å². The normalized spacial score (nSPS) is 14.4. The number of nitro groups is 1. The van der Waals surface area contributed by atoms with Gasteiger partial charge in [0.1, 0.15) is 11.1 Å². The molecule has 0 spiro atoms. The van der Waals surface area contributed by atoms with Crippen LogP contribution in [0.5, 0.6) is 0 Å². The van der Waals surface area contributed by atoms with Crippen LogP contribution in [-0.4, -0.2) is 28.3 Å². The number of nitriles is 1. The second kappa shape index (κ2) is 8.36. The fraction of sp³-hybridized carbons (Fsp3) is 0.316. The molecule has 4 rings (SSSR count). The molecule has 0 radical (unpaired) electrons. The molecular formula is C19H18N6O3S. The highest BCUT2D eigenvalue weighted by Crippen LogP contribution is 2.40. The van der Waals surface area contributed by atoms with Crippen molar-refractivity contribution in [2.45, 2.75) is 30.6 Å². The van der Waals surface area contributed by atoms with Crippen LogP contribution in [0, 0.1) is 20.8 Å². The summed E-state index contributed by atoms with van der Waals surface area (Å²) in [4.78, 5) is 14.3. The number of anilines is 3. The largest absolute Gasteiger partial charge is 0.370 e. The predicted molar refractivity (Wildman–Crippen MR) is 110 cm³/mol. The number of rotatable bonds is 5. The highest BCUT2D eigenvalue weighted by Gasteiger charge is 2.28. The number of hydrogen-bond donors (Lipinski definition) is 1. The fourth-order valence-corrected chi connectivity index (χ4v) is 3.94. The Morgan fingerprint density at radius 2 is 1.83 bits per heavy atom. The average molecular weight is 410 g/mol. The van der Waals surface area contributed by atoms with E-state index in [0.29, 0.717) is 16.9 Å². The van der Waals surface area contributed by atoms with Crippen LogP contribution in [0.25, 0.3) is 11.0 Å². The van der Waals surface area contributed by atoms with Crippen molar-refractivity contribution in [2.75, 3.05) is 23.3 Å². The maximum absolute atomic E-state index is 11.8. The van der Waals surface area contributed by atoms with Gasteiger partial charge in [0.2, 0.25) is 5.52 Å². The molecule has 1 aromatic heterocycles. The molecule has 10 heteroatoms. The Bertz CT molecular complexity index is 1070. The number of thiocyanates is 1. The average Bonchev–Trinajstić information content (AvgIpc) is 3.03. The smallest absolute Gasteiger partial charge is 0.324 e. The summed E-state index contributed by atoms with van der Waals surface area (Å²) in [7, 11) is 0. The third kappa shape index (κ3) is 3.95. The molecule has 1 saturated heterocycles. The first-order chi connectivity index (χ1) is 14.2. The number of benzene rings is 2. The van der Waals surface area contributed by atoms with Gasteiger partial charge in [-0.25, -0.2) is 4.63 Å². The first kappa shape index (κ1) is 19.0. The van der Waals surface area contributed by atoms with Crippen LogP contribution in [0.1, 0.15) is 25.7 Å². The molecular weight excluding hydrogens is 392 g/mol. The highest BCUT2D eigenvalue weighted by atomic mass is 32.2. The summed E-state index contributed by atoms with van der Waals surface area (Å²) in [6.45, 7) is 1.72. The molecule has 2 heterocycles. The van der Waals surface area contributed by atoms with E-state index in [1.54, 1.807) is 30.3 Å². The fourth-order valence-electron chi connectivity index (χ4n) is 3.56. The van der Waals surface area contributed by atoms with Gasteiger partial charge in [0.25, 0.3) is 0 Å². The van der Waals surface area contributed by atoms with Crippen molar-refractivity contribution in [3.63, 3.8) is 0 Å². The SMILES string of the molecule is N#CSc1ccc(Nc2cc(N3CCCCCC3)c3nonc3c2[N+](=O)[O-])cc1. The van der Waals surface area contributed by atoms with Crippen molar-refractivity contribution < 1.29 is 9.55 Å². The molecule has 1 N–H and O–H groups in total. The third-order valence-corrected chi connectivity index (χ3v) is 5.52. The molecule has 0 bridgehead atoms. The van der Waals surface area contributed by atoms with Gasteiger partial charge < -0.3 is 10.2 Å². The van der Waals surface area contributed by atoms with E-state index < -0.39 is 4.92 Å². The number of thioether (sulfide) groups is 1. The summed E-state index contributed by atoms with van der Waals surface area (Å²) in [5.74, 6) is 0. The molecule has 0 aliphatic carbocycles. The zero-order valence-corrected chi connectivity index (χ0v) is 16.3. The van der Waals surface area contributed by atoms with E-state index in [9.17, 15) is 10.1 Å². The zero-order valence-electron chi connectivity index (χ0n) is 15.5. The second-order valence-electron chi connectivity index (χ2n) is 6.75. The van der Waals surface area contributed by atoms with Gasteiger partial charge in [0, 0.05) is 23.7 Å². The van der Waals surface area contributed by atoms with E-state index in [2.05, 4.69) is 20.5 Å². The summed E-state index contributed by atoms with van der Waals surface area (Å²) >= 11 is 1.06. The maximum atomic E-state index is 11.8. The summed E-state index contributed by atoms with van der Waals surface area (Å²) in [6, 6.07) is 8.89. The molecule has 9 nitrogen and oxygen atoms in total. The molecule has 1 aliphatic rings. The second-order valence-corrected chi connectivity index (χ2v) is 7.61. The first-order valence-electron chi connectivity index (χ1n) is 9.29. The number of nitro benzene ring substituents is 1. The van der Waals surface area contributed by atoms with Gasteiger partial charge in [-0.2, -0.15) is 5.26 Å². The summed E-state index contributed by atoms with van der Waals surface area (Å²) < 4.78 is 4.87. The number of fused-ring (bicyclic) bond motifs is 1. The number of nitrogens with zero attached hydrogens (tertiary/aromatic N) is 5. The van der Waals surface area contributed by atoms with Crippen molar-refractivity contribution in [1.29, 1.82) is 5.26 Å². The number of nitrogens with one attached hydrogen (secondary N) is 1. The van der Waals surface area contributed by atoms with Crippen molar-refractivity contribution in [1.82, 2.24) is 10.3 Å². The van der Waals surface area contributed by atoms with Crippen molar-refractivity contribution in [2.24, 2.45) is 0 Å². The molecule has 1 aliphatic heterocycles. The minimum atomic E-state index is -0.471. The molecule has 0 unspecified atom stereocenters. The quantitative estimate of drug-likeness (QED) is 0.273. The van der Waals surface area contributed by atoms with Crippen LogP contribution in [-0.2, 0) is 0 Å². The van der Waals surface area contributed by atoms with Gasteiger partial charge in [-0.05, 0) is 65.2 Å². The lowest BCUT2D eigenvalue weighted by atomic mass is 10.1. The van der Waals surface area contributed by atoms with Crippen LogP contribution in [0.4, 0.5) is 22.7 Å². The topological polar surface area (TPSA) is 121 Å². The van der Waals surface area contributed by atoms with E-state index >= 15 is 0 Å².